The quantitative estimate of drug-likeness (QED) is 0.911. The molecular weight excluding hydrogens is 288 g/mol. The van der Waals surface area contributed by atoms with E-state index in [1.807, 2.05) is 13.0 Å². The molecule has 2 aromatic rings. The largest absolute Gasteiger partial charge is 0.320 e. The number of amides is 1. The maximum absolute atomic E-state index is 12.2. The van der Waals surface area contributed by atoms with E-state index in [0.29, 0.717) is 16.9 Å². The van der Waals surface area contributed by atoms with Crippen molar-refractivity contribution in [3.05, 3.63) is 59.7 Å². The van der Waals surface area contributed by atoms with E-state index in [1.54, 1.807) is 42.5 Å². The number of benzene rings is 2. The van der Waals surface area contributed by atoms with Gasteiger partial charge in [-0.15, -0.1) is 0 Å². The fourth-order valence-electron chi connectivity index (χ4n) is 1.86. The number of sulfonamides is 1. The minimum Gasteiger partial charge on any atom is -0.320 e. The highest BCUT2D eigenvalue weighted by atomic mass is 32.2. The SMILES string of the molecule is Cc1cccc(C(=O)Nc2ccccc2NS(C)(=O)=O)c1. The molecule has 0 radical (unpaired) electrons. The van der Waals surface area contributed by atoms with Gasteiger partial charge in [0.2, 0.25) is 10.0 Å². The molecule has 2 N–H and O–H groups in total. The summed E-state index contributed by atoms with van der Waals surface area (Å²) in [7, 11) is -3.41. The van der Waals surface area contributed by atoms with Crippen LogP contribution in [0.5, 0.6) is 0 Å². The van der Waals surface area contributed by atoms with Crippen LogP contribution in [-0.4, -0.2) is 20.6 Å². The summed E-state index contributed by atoms with van der Waals surface area (Å²) in [5.74, 6) is -0.290. The lowest BCUT2D eigenvalue weighted by molar-refractivity contribution is 0.102. The average Bonchev–Trinajstić information content (AvgIpc) is 2.39. The molecule has 2 aromatic carbocycles. The van der Waals surface area contributed by atoms with Crippen LogP contribution in [0.4, 0.5) is 11.4 Å². The van der Waals surface area contributed by atoms with Gasteiger partial charge in [0.25, 0.3) is 5.91 Å². The van der Waals surface area contributed by atoms with Crippen LogP contribution >= 0.6 is 0 Å². The zero-order valence-electron chi connectivity index (χ0n) is 11.8. The van der Waals surface area contributed by atoms with E-state index < -0.39 is 10.0 Å². The Morgan fingerprint density at radius 1 is 1.00 bits per heavy atom. The van der Waals surface area contributed by atoms with Gasteiger partial charge >= 0.3 is 0 Å². The summed E-state index contributed by atoms with van der Waals surface area (Å²) < 4.78 is 25.0. The molecule has 6 heteroatoms. The Hall–Kier alpha value is -2.34. The van der Waals surface area contributed by atoms with Gasteiger partial charge in [0, 0.05) is 5.56 Å². The molecular formula is C15H16N2O3S. The first-order chi connectivity index (χ1) is 9.85. The molecule has 0 heterocycles. The fourth-order valence-corrected chi connectivity index (χ4v) is 2.44. The molecule has 0 aliphatic carbocycles. The van der Waals surface area contributed by atoms with Crippen molar-refractivity contribution in [2.45, 2.75) is 6.92 Å². The Morgan fingerprint density at radius 3 is 2.29 bits per heavy atom. The van der Waals surface area contributed by atoms with Crippen molar-refractivity contribution in [2.24, 2.45) is 0 Å². The van der Waals surface area contributed by atoms with Crippen LogP contribution in [0.25, 0.3) is 0 Å². The van der Waals surface area contributed by atoms with Crippen molar-refractivity contribution in [3.63, 3.8) is 0 Å². The summed E-state index contributed by atoms with van der Waals surface area (Å²) in [5, 5.41) is 2.71. The molecule has 2 rings (SSSR count). The van der Waals surface area contributed by atoms with E-state index in [0.717, 1.165) is 11.8 Å². The van der Waals surface area contributed by atoms with E-state index in [1.165, 1.54) is 0 Å². The predicted octanol–water partition coefficient (Wildman–Crippen LogP) is 2.62. The summed E-state index contributed by atoms with van der Waals surface area (Å²) >= 11 is 0. The van der Waals surface area contributed by atoms with E-state index in [9.17, 15) is 13.2 Å². The Balaban J connectivity index is 2.26. The van der Waals surface area contributed by atoms with Crippen LogP contribution in [0.1, 0.15) is 15.9 Å². The highest BCUT2D eigenvalue weighted by molar-refractivity contribution is 7.92. The lowest BCUT2D eigenvalue weighted by Gasteiger charge is -2.12. The van der Waals surface area contributed by atoms with Crippen molar-refractivity contribution in [1.29, 1.82) is 0 Å². The molecule has 0 aliphatic rings. The molecule has 5 nitrogen and oxygen atoms in total. The number of nitrogens with one attached hydrogen (secondary N) is 2. The Labute approximate surface area is 124 Å². The number of aryl methyl sites for hydroxylation is 1. The molecule has 0 saturated carbocycles. The normalized spacial score (nSPS) is 11.0. The Bertz CT molecular complexity index is 770. The van der Waals surface area contributed by atoms with Gasteiger partial charge in [0.05, 0.1) is 17.6 Å². The molecule has 0 saturated heterocycles. The second-order valence-electron chi connectivity index (χ2n) is 4.74. The standard InChI is InChI=1S/C15H16N2O3S/c1-11-6-5-7-12(10-11)15(18)16-13-8-3-4-9-14(13)17-21(2,19)20/h3-10,17H,1-2H3,(H,16,18). The van der Waals surface area contributed by atoms with Crippen LogP contribution in [0.15, 0.2) is 48.5 Å². The minimum atomic E-state index is -3.41. The monoisotopic (exact) mass is 304 g/mol. The van der Waals surface area contributed by atoms with Gasteiger partial charge in [-0.3, -0.25) is 9.52 Å². The van der Waals surface area contributed by atoms with E-state index in [4.69, 9.17) is 0 Å². The van der Waals surface area contributed by atoms with Crippen LogP contribution < -0.4 is 10.0 Å². The van der Waals surface area contributed by atoms with E-state index >= 15 is 0 Å². The molecule has 21 heavy (non-hydrogen) atoms. The van der Waals surface area contributed by atoms with E-state index in [2.05, 4.69) is 10.0 Å². The number of hydrogen-bond acceptors (Lipinski definition) is 3. The lowest BCUT2D eigenvalue weighted by atomic mass is 10.1. The molecule has 0 bridgehead atoms. The van der Waals surface area contributed by atoms with Gasteiger partial charge in [-0.2, -0.15) is 0 Å². The highest BCUT2D eigenvalue weighted by Crippen LogP contribution is 2.22. The third-order valence-electron chi connectivity index (χ3n) is 2.75. The average molecular weight is 304 g/mol. The summed E-state index contributed by atoms with van der Waals surface area (Å²) in [6.07, 6.45) is 1.06. The number of carbonyl (C=O) groups is 1. The van der Waals surface area contributed by atoms with Crippen molar-refractivity contribution in [1.82, 2.24) is 0 Å². The van der Waals surface area contributed by atoms with Crippen LogP contribution in [-0.2, 0) is 10.0 Å². The van der Waals surface area contributed by atoms with Crippen molar-refractivity contribution in [3.8, 4) is 0 Å². The maximum Gasteiger partial charge on any atom is 0.255 e. The molecule has 0 fully saturated rings. The summed E-state index contributed by atoms with van der Waals surface area (Å²) in [6, 6.07) is 13.8. The fraction of sp³-hybridized carbons (Fsp3) is 0.133. The molecule has 0 unspecified atom stereocenters. The predicted molar refractivity (Wildman–Crippen MR) is 84.0 cm³/mol. The molecule has 1 amide bonds. The Kier molecular flexibility index (Phi) is 4.28. The van der Waals surface area contributed by atoms with Crippen LogP contribution in [0, 0.1) is 6.92 Å². The van der Waals surface area contributed by atoms with Gasteiger partial charge in [0.15, 0.2) is 0 Å². The smallest absolute Gasteiger partial charge is 0.255 e. The van der Waals surface area contributed by atoms with Gasteiger partial charge in [0.1, 0.15) is 0 Å². The lowest BCUT2D eigenvalue weighted by Crippen LogP contribution is -2.16. The minimum absolute atomic E-state index is 0.290. The van der Waals surface area contributed by atoms with E-state index in [-0.39, 0.29) is 5.91 Å². The number of hydrogen-bond donors (Lipinski definition) is 2. The first-order valence-corrected chi connectivity index (χ1v) is 8.19. The molecule has 110 valence electrons. The zero-order valence-corrected chi connectivity index (χ0v) is 12.6. The summed E-state index contributed by atoms with van der Waals surface area (Å²) in [4.78, 5) is 12.2. The number of rotatable bonds is 4. The molecule has 0 aliphatic heterocycles. The number of anilines is 2. The van der Waals surface area contributed by atoms with Crippen molar-refractivity contribution < 1.29 is 13.2 Å². The van der Waals surface area contributed by atoms with Gasteiger partial charge in [-0.1, -0.05) is 29.8 Å². The molecule has 0 spiro atoms. The van der Waals surface area contributed by atoms with Gasteiger partial charge in [-0.25, -0.2) is 8.42 Å². The second kappa shape index (κ2) is 5.97. The zero-order chi connectivity index (χ0) is 15.5. The maximum atomic E-state index is 12.2. The first kappa shape index (κ1) is 15.1. The third kappa shape index (κ3) is 4.32. The molecule has 0 atom stereocenters. The van der Waals surface area contributed by atoms with Crippen LogP contribution in [0.2, 0.25) is 0 Å². The van der Waals surface area contributed by atoms with Crippen molar-refractivity contribution in [2.75, 3.05) is 16.3 Å². The van der Waals surface area contributed by atoms with Gasteiger partial charge < -0.3 is 5.32 Å². The Morgan fingerprint density at radius 2 is 1.67 bits per heavy atom. The summed E-state index contributed by atoms with van der Waals surface area (Å²) in [6.45, 7) is 1.90. The topological polar surface area (TPSA) is 75.3 Å². The molecule has 0 aromatic heterocycles. The number of carbonyl (C=O) groups excluding carboxylic acids is 1. The van der Waals surface area contributed by atoms with Gasteiger partial charge in [-0.05, 0) is 31.2 Å². The van der Waals surface area contributed by atoms with Crippen molar-refractivity contribution >= 4 is 27.3 Å². The first-order valence-electron chi connectivity index (χ1n) is 6.30. The second-order valence-corrected chi connectivity index (χ2v) is 6.49. The number of para-hydroxylation sites is 2. The third-order valence-corrected chi connectivity index (χ3v) is 3.34. The van der Waals surface area contributed by atoms with Crippen LogP contribution in [0.3, 0.4) is 0 Å². The highest BCUT2D eigenvalue weighted by Gasteiger charge is 2.11. The summed E-state index contributed by atoms with van der Waals surface area (Å²) in [5.41, 5.74) is 2.24.